The second-order valence-electron chi connectivity index (χ2n) is 3.71. The molecular weight excluding hydrogens is 190 g/mol. The lowest BCUT2D eigenvalue weighted by Gasteiger charge is -2.22. The van der Waals surface area contributed by atoms with Crippen LogP contribution in [0.25, 0.3) is 0 Å². The van der Waals surface area contributed by atoms with E-state index in [0.717, 1.165) is 37.4 Å². The Kier molecular flexibility index (Phi) is 4.34. The number of rotatable bonds is 5. The maximum Gasteiger partial charge on any atom is 0.347 e. The summed E-state index contributed by atoms with van der Waals surface area (Å²) in [6.45, 7) is 8.03. The van der Waals surface area contributed by atoms with Gasteiger partial charge in [0.15, 0.2) is 0 Å². The molecule has 0 aliphatic rings. The Balaban J connectivity index is 2.93. The van der Waals surface area contributed by atoms with Gasteiger partial charge in [0, 0.05) is 18.8 Å². The molecule has 1 rings (SSSR count). The minimum Gasteiger partial charge on any atom is -0.356 e. The van der Waals surface area contributed by atoms with E-state index >= 15 is 0 Å². The zero-order valence-electron chi connectivity index (χ0n) is 9.71. The van der Waals surface area contributed by atoms with Crippen molar-refractivity contribution in [3.63, 3.8) is 0 Å². The van der Waals surface area contributed by atoms with E-state index < -0.39 is 0 Å². The lowest BCUT2D eigenvalue weighted by molar-refractivity contribution is 0.729. The minimum atomic E-state index is -0.262. The molecule has 0 fully saturated rings. The third kappa shape index (κ3) is 3.38. The predicted molar refractivity (Wildman–Crippen MR) is 62.4 cm³/mol. The van der Waals surface area contributed by atoms with E-state index in [9.17, 15) is 4.79 Å². The van der Waals surface area contributed by atoms with Gasteiger partial charge in [-0.2, -0.15) is 4.98 Å². The number of aromatic amines is 1. The fourth-order valence-electron chi connectivity index (χ4n) is 1.61. The fraction of sp³-hybridized carbons (Fsp3) is 0.636. The molecule has 0 saturated heterocycles. The van der Waals surface area contributed by atoms with Crippen LogP contribution in [-0.4, -0.2) is 23.1 Å². The summed E-state index contributed by atoms with van der Waals surface area (Å²) in [6.07, 6.45) is 2.13. The first-order valence-electron chi connectivity index (χ1n) is 5.50. The first-order chi connectivity index (χ1) is 7.17. The van der Waals surface area contributed by atoms with Crippen LogP contribution in [0.5, 0.6) is 0 Å². The molecule has 4 heteroatoms. The number of hydrogen-bond donors (Lipinski definition) is 1. The number of H-pyrrole nitrogens is 1. The number of anilines is 1. The van der Waals surface area contributed by atoms with Crippen LogP contribution in [0, 0.1) is 6.92 Å². The molecule has 84 valence electrons. The Morgan fingerprint density at radius 2 is 1.93 bits per heavy atom. The summed E-state index contributed by atoms with van der Waals surface area (Å²) in [5, 5.41) is 0. The molecule has 0 aliphatic carbocycles. The molecule has 0 atom stereocenters. The Morgan fingerprint density at radius 1 is 1.33 bits per heavy atom. The van der Waals surface area contributed by atoms with E-state index in [0.29, 0.717) is 0 Å². The quantitative estimate of drug-likeness (QED) is 0.803. The van der Waals surface area contributed by atoms with Gasteiger partial charge in [-0.3, -0.25) is 0 Å². The molecule has 1 heterocycles. The molecule has 0 aromatic carbocycles. The van der Waals surface area contributed by atoms with Gasteiger partial charge in [0.25, 0.3) is 0 Å². The molecule has 1 aromatic heterocycles. The van der Waals surface area contributed by atoms with Gasteiger partial charge in [-0.15, -0.1) is 0 Å². The zero-order valence-corrected chi connectivity index (χ0v) is 9.71. The average Bonchev–Trinajstić information content (AvgIpc) is 2.16. The molecule has 0 unspecified atom stereocenters. The van der Waals surface area contributed by atoms with Gasteiger partial charge < -0.3 is 9.88 Å². The molecular formula is C11H19N3O. The summed E-state index contributed by atoms with van der Waals surface area (Å²) >= 11 is 0. The highest BCUT2D eigenvalue weighted by Crippen LogP contribution is 2.10. The maximum atomic E-state index is 11.2. The van der Waals surface area contributed by atoms with Crippen LogP contribution in [0.15, 0.2) is 10.9 Å². The average molecular weight is 209 g/mol. The maximum absolute atomic E-state index is 11.2. The van der Waals surface area contributed by atoms with Crippen molar-refractivity contribution >= 4 is 5.82 Å². The Bertz CT molecular complexity index is 353. The van der Waals surface area contributed by atoms with Crippen LogP contribution in [0.1, 0.15) is 32.4 Å². The van der Waals surface area contributed by atoms with E-state index in [1.54, 1.807) is 0 Å². The smallest absolute Gasteiger partial charge is 0.347 e. The molecule has 4 nitrogen and oxygen atoms in total. The van der Waals surface area contributed by atoms with E-state index in [-0.39, 0.29) is 5.69 Å². The Morgan fingerprint density at radius 3 is 2.40 bits per heavy atom. The predicted octanol–water partition coefficient (Wildman–Crippen LogP) is 1.70. The van der Waals surface area contributed by atoms with Crippen molar-refractivity contribution in [2.45, 2.75) is 33.6 Å². The van der Waals surface area contributed by atoms with Gasteiger partial charge in [-0.25, -0.2) is 4.79 Å². The molecule has 0 aliphatic heterocycles. The highest BCUT2D eigenvalue weighted by atomic mass is 16.1. The third-order valence-corrected chi connectivity index (χ3v) is 2.18. The van der Waals surface area contributed by atoms with Gasteiger partial charge >= 0.3 is 5.69 Å². The number of aryl methyl sites for hydroxylation is 1. The van der Waals surface area contributed by atoms with Crippen LogP contribution in [0.4, 0.5) is 5.82 Å². The van der Waals surface area contributed by atoms with Crippen LogP contribution >= 0.6 is 0 Å². The van der Waals surface area contributed by atoms with E-state index in [4.69, 9.17) is 0 Å². The first kappa shape index (κ1) is 11.8. The fourth-order valence-corrected chi connectivity index (χ4v) is 1.61. The van der Waals surface area contributed by atoms with Crippen LogP contribution in [-0.2, 0) is 0 Å². The molecule has 0 spiro atoms. The van der Waals surface area contributed by atoms with Gasteiger partial charge in [0.2, 0.25) is 0 Å². The Labute approximate surface area is 90.3 Å². The summed E-state index contributed by atoms with van der Waals surface area (Å²) in [4.78, 5) is 20.0. The number of nitrogens with zero attached hydrogens (tertiary/aromatic N) is 2. The third-order valence-electron chi connectivity index (χ3n) is 2.18. The van der Waals surface area contributed by atoms with Gasteiger partial charge in [0.1, 0.15) is 5.82 Å². The van der Waals surface area contributed by atoms with Gasteiger partial charge in [-0.05, 0) is 25.8 Å². The summed E-state index contributed by atoms with van der Waals surface area (Å²) in [7, 11) is 0. The number of nitrogens with one attached hydrogen (secondary N) is 1. The van der Waals surface area contributed by atoms with Crippen molar-refractivity contribution < 1.29 is 0 Å². The van der Waals surface area contributed by atoms with Gasteiger partial charge in [0.05, 0.1) is 0 Å². The topological polar surface area (TPSA) is 49.0 Å². The molecule has 0 radical (unpaired) electrons. The van der Waals surface area contributed by atoms with Crippen molar-refractivity contribution in [1.82, 2.24) is 9.97 Å². The van der Waals surface area contributed by atoms with Crippen molar-refractivity contribution in [2.75, 3.05) is 18.0 Å². The molecule has 1 N–H and O–H groups in total. The van der Waals surface area contributed by atoms with Crippen LogP contribution in [0.2, 0.25) is 0 Å². The SMILES string of the molecule is CCCN(CCC)c1cc(C)[nH]c(=O)n1. The van der Waals surface area contributed by atoms with Crippen LogP contribution in [0.3, 0.4) is 0 Å². The van der Waals surface area contributed by atoms with Crippen molar-refractivity contribution in [2.24, 2.45) is 0 Å². The highest BCUT2D eigenvalue weighted by molar-refractivity contribution is 5.38. The monoisotopic (exact) mass is 209 g/mol. The molecule has 1 aromatic rings. The number of hydrogen-bond acceptors (Lipinski definition) is 3. The van der Waals surface area contributed by atoms with E-state index in [2.05, 4.69) is 28.7 Å². The normalized spacial score (nSPS) is 10.3. The van der Waals surface area contributed by atoms with Gasteiger partial charge in [-0.1, -0.05) is 13.8 Å². The lowest BCUT2D eigenvalue weighted by atomic mass is 10.3. The molecule has 15 heavy (non-hydrogen) atoms. The largest absolute Gasteiger partial charge is 0.356 e. The highest BCUT2D eigenvalue weighted by Gasteiger charge is 2.06. The van der Waals surface area contributed by atoms with Crippen molar-refractivity contribution in [3.05, 3.63) is 22.2 Å². The first-order valence-corrected chi connectivity index (χ1v) is 5.50. The van der Waals surface area contributed by atoms with Crippen LogP contribution < -0.4 is 10.6 Å². The Hall–Kier alpha value is -1.32. The van der Waals surface area contributed by atoms with Crippen molar-refractivity contribution in [3.8, 4) is 0 Å². The molecule has 0 bridgehead atoms. The summed E-state index contributed by atoms with van der Waals surface area (Å²) in [5.41, 5.74) is 0.601. The van der Waals surface area contributed by atoms with E-state index in [1.807, 2.05) is 13.0 Å². The minimum absolute atomic E-state index is 0.262. The van der Waals surface area contributed by atoms with E-state index in [1.165, 1.54) is 0 Å². The second kappa shape index (κ2) is 5.53. The zero-order chi connectivity index (χ0) is 11.3. The van der Waals surface area contributed by atoms with Crippen molar-refractivity contribution in [1.29, 1.82) is 0 Å². The second-order valence-corrected chi connectivity index (χ2v) is 3.71. The number of aromatic nitrogens is 2. The lowest BCUT2D eigenvalue weighted by Crippen LogP contribution is -2.28. The standard InChI is InChI=1S/C11H19N3O/c1-4-6-14(7-5-2)10-8-9(3)12-11(15)13-10/h8H,4-7H2,1-3H3,(H,12,13,15). The summed E-state index contributed by atoms with van der Waals surface area (Å²) in [6, 6.07) is 1.92. The summed E-state index contributed by atoms with van der Waals surface area (Å²) in [5.74, 6) is 0.792. The molecule has 0 saturated carbocycles. The summed E-state index contributed by atoms with van der Waals surface area (Å²) < 4.78 is 0. The molecule has 0 amide bonds.